The van der Waals surface area contributed by atoms with Crippen molar-refractivity contribution in [3.63, 3.8) is 0 Å². The van der Waals surface area contributed by atoms with Crippen molar-refractivity contribution in [2.45, 2.75) is 19.9 Å². The number of aromatic nitrogens is 1. The molecule has 0 aliphatic rings. The van der Waals surface area contributed by atoms with Crippen LogP contribution in [-0.2, 0) is 0 Å². The largest absolute Gasteiger partial charge is 0.324 e. The van der Waals surface area contributed by atoms with Crippen LogP contribution in [0.2, 0.25) is 0 Å². The van der Waals surface area contributed by atoms with Crippen molar-refractivity contribution >= 4 is 10.8 Å². The summed E-state index contributed by atoms with van der Waals surface area (Å²) in [6.07, 6.45) is 3.76. The molecule has 0 aliphatic carbocycles. The second-order valence-electron chi connectivity index (χ2n) is 4.22. The van der Waals surface area contributed by atoms with Crippen LogP contribution in [0.4, 0.5) is 0 Å². The summed E-state index contributed by atoms with van der Waals surface area (Å²) in [6, 6.07) is 8.30. The average molecular weight is 200 g/mol. The van der Waals surface area contributed by atoms with Crippen molar-refractivity contribution in [1.82, 2.24) is 4.98 Å². The van der Waals surface area contributed by atoms with Gasteiger partial charge in [-0.25, -0.2) is 0 Å². The van der Waals surface area contributed by atoms with Gasteiger partial charge in [0.15, 0.2) is 0 Å². The average Bonchev–Trinajstić information content (AvgIpc) is 2.27. The van der Waals surface area contributed by atoms with Crippen LogP contribution >= 0.6 is 0 Å². The summed E-state index contributed by atoms with van der Waals surface area (Å²) in [5.74, 6) is 0.428. The van der Waals surface area contributed by atoms with Gasteiger partial charge in [0, 0.05) is 23.8 Å². The minimum atomic E-state index is 0.0589. The summed E-state index contributed by atoms with van der Waals surface area (Å²) in [7, 11) is 0. The lowest BCUT2D eigenvalue weighted by Gasteiger charge is -2.17. The molecule has 2 N–H and O–H groups in total. The molecule has 0 bridgehead atoms. The van der Waals surface area contributed by atoms with Gasteiger partial charge in [-0.2, -0.15) is 0 Å². The number of nitrogens with zero attached hydrogens (tertiary/aromatic N) is 1. The van der Waals surface area contributed by atoms with Crippen molar-refractivity contribution in [1.29, 1.82) is 0 Å². The molecule has 1 aromatic heterocycles. The van der Waals surface area contributed by atoms with Crippen LogP contribution in [-0.4, -0.2) is 4.98 Å². The second kappa shape index (κ2) is 3.99. The number of fused-ring (bicyclic) bond motifs is 1. The van der Waals surface area contributed by atoms with Gasteiger partial charge >= 0.3 is 0 Å². The van der Waals surface area contributed by atoms with E-state index in [0.29, 0.717) is 5.92 Å². The minimum absolute atomic E-state index is 0.0589. The van der Waals surface area contributed by atoms with Crippen LogP contribution < -0.4 is 5.73 Å². The Morgan fingerprint density at radius 1 is 1.13 bits per heavy atom. The highest BCUT2D eigenvalue weighted by Gasteiger charge is 2.13. The zero-order valence-electron chi connectivity index (χ0n) is 9.14. The lowest BCUT2D eigenvalue weighted by molar-refractivity contribution is 0.516. The van der Waals surface area contributed by atoms with E-state index in [1.54, 1.807) is 0 Å². The third-order valence-electron chi connectivity index (χ3n) is 2.78. The topological polar surface area (TPSA) is 38.9 Å². The van der Waals surface area contributed by atoms with Gasteiger partial charge in [0.2, 0.25) is 0 Å². The van der Waals surface area contributed by atoms with Crippen molar-refractivity contribution in [3.8, 4) is 0 Å². The van der Waals surface area contributed by atoms with E-state index < -0.39 is 0 Å². The van der Waals surface area contributed by atoms with E-state index in [2.05, 4.69) is 31.0 Å². The first-order chi connectivity index (χ1) is 7.20. The Bertz CT molecular complexity index is 458. The highest BCUT2D eigenvalue weighted by atomic mass is 14.7. The molecule has 1 unspecified atom stereocenters. The number of hydrogen-bond donors (Lipinski definition) is 1. The molecule has 0 saturated heterocycles. The summed E-state index contributed by atoms with van der Waals surface area (Å²) >= 11 is 0. The summed E-state index contributed by atoms with van der Waals surface area (Å²) in [5.41, 5.74) is 7.31. The molecule has 0 radical (unpaired) electrons. The predicted molar refractivity (Wildman–Crippen MR) is 63.5 cm³/mol. The highest BCUT2D eigenvalue weighted by Crippen LogP contribution is 2.25. The Morgan fingerprint density at radius 3 is 2.60 bits per heavy atom. The first-order valence-corrected chi connectivity index (χ1v) is 5.28. The summed E-state index contributed by atoms with van der Waals surface area (Å²) in [6.45, 7) is 4.26. The first kappa shape index (κ1) is 10.1. The first-order valence-electron chi connectivity index (χ1n) is 5.28. The smallest absolute Gasteiger partial charge is 0.0346 e. The Labute approximate surface area is 90.1 Å². The van der Waals surface area contributed by atoms with Crippen LogP contribution in [0.1, 0.15) is 25.5 Å². The van der Waals surface area contributed by atoms with Gasteiger partial charge in [0.05, 0.1) is 0 Å². The molecular weight excluding hydrogens is 184 g/mol. The van der Waals surface area contributed by atoms with Gasteiger partial charge in [-0.3, -0.25) is 4.98 Å². The van der Waals surface area contributed by atoms with E-state index >= 15 is 0 Å². The Balaban J connectivity index is 2.60. The molecule has 0 amide bonds. The predicted octanol–water partition coefficient (Wildman–Crippen LogP) is 2.89. The van der Waals surface area contributed by atoms with Crippen molar-refractivity contribution in [2.24, 2.45) is 11.7 Å². The zero-order chi connectivity index (χ0) is 10.8. The number of pyridine rings is 1. The fraction of sp³-hybridized carbons (Fsp3) is 0.308. The molecule has 0 fully saturated rings. The molecule has 1 aromatic carbocycles. The van der Waals surface area contributed by atoms with Gasteiger partial charge in [-0.05, 0) is 16.9 Å². The third-order valence-corrected chi connectivity index (χ3v) is 2.78. The van der Waals surface area contributed by atoms with E-state index in [9.17, 15) is 0 Å². The van der Waals surface area contributed by atoms with Crippen LogP contribution in [0.15, 0.2) is 36.7 Å². The molecule has 2 rings (SSSR count). The molecule has 0 saturated carbocycles. The zero-order valence-corrected chi connectivity index (χ0v) is 9.14. The molecule has 0 spiro atoms. The van der Waals surface area contributed by atoms with Gasteiger partial charge in [-0.1, -0.05) is 38.1 Å². The van der Waals surface area contributed by atoms with E-state index in [0.717, 1.165) is 10.9 Å². The van der Waals surface area contributed by atoms with Crippen LogP contribution in [0.3, 0.4) is 0 Å². The third kappa shape index (κ3) is 1.85. The normalized spacial score (nSPS) is 13.3. The fourth-order valence-corrected chi connectivity index (χ4v) is 1.76. The molecule has 2 nitrogen and oxygen atoms in total. The Morgan fingerprint density at radius 2 is 1.87 bits per heavy atom. The Kier molecular flexibility index (Phi) is 2.69. The summed E-state index contributed by atoms with van der Waals surface area (Å²) in [5, 5.41) is 2.37. The van der Waals surface area contributed by atoms with Crippen molar-refractivity contribution in [3.05, 3.63) is 42.2 Å². The molecule has 1 heterocycles. The van der Waals surface area contributed by atoms with Gasteiger partial charge in [0.1, 0.15) is 0 Å². The van der Waals surface area contributed by atoms with Crippen LogP contribution in [0.5, 0.6) is 0 Å². The number of benzene rings is 1. The van der Waals surface area contributed by atoms with Crippen molar-refractivity contribution in [2.75, 3.05) is 0 Å². The number of nitrogens with two attached hydrogens (primary N) is 1. The standard InChI is InChI=1S/C13H16N2/c1-9(2)13(14)12-8-15-7-10-5-3-4-6-11(10)12/h3-9,13H,14H2,1-2H3. The van der Waals surface area contributed by atoms with Gasteiger partial charge in [0.25, 0.3) is 0 Å². The molecule has 0 aliphatic heterocycles. The van der Waals surface area contributed by atoms with Crippen LogP contribution in [0.25, 0.3) is 10.8 Å². The number of hydrogen-bond acceptors (Lipinski definition) is 2. The van der Waals surface area contributed by atoms with Crippen molar-refractivity contribution < 1.29 is 0 Å². The fourth-order valence-electron chi connectivity index (χ4n) is 1.76. The van der Waals surface area contributed by atoms with E-state index in [1.807, 2.05) is 24.5 Å². The van der Waals surface area contributed by atoms with E-state index in [1.165, 1.54) is 5.39 Å². The SMILES string of the molecule is CC(C)C(N)c1cncc2ccccc12. The highest BCUT2D eigenvalue weighted by molar-refractivity contribution is 5.85. The van der Waals surface area contributed by atoms with E-state index in [-0.39, 0.29) is 6.04 Å². The molecule has 1 atom stereocenters. The maximum atomic E-state index is 6.16. The summed E-state index contributed by atoms with van der Waals surface area (Å²) < 4.78 is 0. The lowest BCUT2D eigenvalue weighted by Crippen LogP contribution is -2.17. The monoisotopic (exact) mass is 200 g/mol. The van der Waals surface area contributed by atoms with Gasteiger partial charge < -0.3 is 5.73 Å². The van der Waals surface area contributed by atoms with E-state index in [4.69, 9.17) is 5.73 Å². The van der Waals surface area contributed by atoms with Crippen LogP contribution in [0, 0.1) is 5.92 Å². The number of rotatable bonds is 2. The molecule has 2 heteroatoms. The quantitative estimate of drug-likeness (QED) is 0.809. The molecule has 15 heavy (non-hydrogen) atoms. The molecular formula is C13H16N2. The summed E-state index contributed by atoms with van der Waals surface area (Å²) in [4.78, 5) is 4.24. The molecule has 78 valence electrons. The second-order valence-corrected chi connectivity index (χ2v) is 4.22. The minimum Gasteiger partial charge on any atom is -0.324 e. The maximum Gasteiger partial charge on any atom is 0.0346 e. The Hall–Kier alpha value is -1.41. The van der Waals surface area contributed by atoms with Gasteiger partial charge in [-0.15, -0.1) is 0 Å². The molecule has 2 aromatic rings. The lowest BCUT2D eigenvalue weighted by atomic mass is 9.94. The maximum absolute atomic E-state index is 6.16.